The normalized spacial score (nSPS) is 13.0. The lowest BCUT2D eigenvalue weighted by Gasteiger charge is -2.28. The van der Waals surface area contributed by atoms with Crippen molar-refractivity contribution in [3.05, 3.63) is 57.6 Å². The van der Waals surface area contributed by atoms with Crippen LogP contribution in [-0.2, 0) is 16.0 Å². The lowest BCUT2D eigenvalue weighted by molar-refractivity contribution is -0.384. The van der Waals surface area contributed by atoms with E-state index < -0.39 is 4.92 Å². The van der Waals surface area contributed by atoms with E-state index in [1.165, 1.54) is 12.1 Å². The number of nitrogens with zero attached hydrogens (tertiary/aromatic N) is 2. The Morgan fingerprint density at radius 3 is 2.83 bits per heavy atom. The summed E-state index contributed by atoms with van der Waals surface area (Å²) in [5, 5.41) is 11.3. The molecule has 2 aromatic rings. The minimum Gasteiger partial charge on any atom is -0.466 e. The van der Waals surface area contributed by atoms with Crippen LogP contribution < -0.4 is 10.5 Å². The number of ether oxygens (including phenoxy) is 2. The van der Waals surface area contributed by atoms with Gasteiger partial charge in [0.1, 0.15) is 11.4 Å². The van der Waals surface area contributed by atoms with E-state index in [0.29, 0.717) is 37.4 Å². The minimum absolute atomic E-state index is 0.0119. The van der Waals surface area contributed by atoms with Crippen LogP contribution >= 0.6 is 0 Å². The summed E-state index contributed by atoms with van der Waals surface area (Å²) in [5.41, 5.74) is 6.70. The molecule has 9 nitrogen and oxygen atoms in total. The second kappa shape index (κ2) is 8.59. The smallest absolute Gasteiger partial charge is 0.334 e. The number of hydrogen-bond donors (Lipinski definition) is 1. The third-order valence-electron chi connectivity index (χ3n) is 4.58. The molecule has 152 valence electrons. The highest BCUT2D eigenvalue weighted by molar-refractivity contribution is 5.97. The maximum Gasteiger partial charge on any atom is 0.334 e. The van der Waals surface area contributed by atoms with Crippen LogP contribution in [0, 0.1) is 10.1 Å². The van der Waals surface area contributed by atoms with Crippen LogP contribution in [0.5, 0.6) is 11.5 Å². The highest BCUT2D eigenvalue weighted by atomic mass is 16.6. The van der Waals surface area contributed by atoms with Gasteiger partial charge in [-0.25, -0.2) is 0 Å². The standard InChI is InChI=1S/C20H21N3O6/c1-2-28-18(24)9-11-22-10-8-13-12-14(6-7-15(13)20(22)25)29-17-5-3-4-16(21)19(17)23(26)27/h3-7,12H,2,8-11,21H2,1H3. The maximum absolute atomic E-state index is 12.7. The van der Waals surface area contributed by atoms with Gasteiger partial charge in [0.2, 0.25) is 5.75 Å². The van der Waals surface area contributed by atoms with Crippen LogP contribution in [0.25, 0.3) is 0 Å². The van der Waals surface area contributed by atoms with Gasteiger partial charge in [0, 0.05) is 18.7 Å². The summed E-state index contributed by atoms with van der Waals surface area (Å²) in [6.07, 6.45) is 0.731. The fourth-order valence-corrected chi connectivity index (χ4v) is 3.19. The number of anilines is 1. The van der Waals surface area contributed by atoms with Crippen LogP contribution in [0.2, 0.25) is 0 Å². The Balaban J connectivity index is 1.75. The van der Waals surface area contributed by atoms with Crippen molar-refractivity contribution >= 4 is 23.3 Å². The zero-order valence-electron chi connectivity index (χ0n) is 15.9. The first-order chi connectivity index (χ1) is 13.9. The van der Waals surface area contributed by atoms with Crippen molar-refractivity contribution in [3.8, 4) is 11.5 Å². The van der Waals surface area contributed by atoms with E-state index >= 15 is 0 Å². The van der Waals surface area contributed by atoms with Crippen molar-refractivity contribution in [1.29, 1.82) is 0 Å². The Kier molecular flexibility index (Phi) is 5.96. The summed E-state index contributed by atoms with van der Waals surface area (Å²) < 4.78 is 10.6. The molecular weight excluding hydrogens is 378 g/mol. The van der Waals surface area contributed by atoms with E-state index in [-0.39, 0.29) is 35.4 Å². The van der Waals surface area contributed by atoms with Crippen molar-refractivity contribution < 1.29 is 24.0 Å². The number of benzene rings is 2. The average molecular weight is 399 g/mol. The molecule has 0 radical (unpaired) electrons. The molecule has 1 amide bonds. The number of fused-ring (bicyclic) bond motifs is 1. The Labute approximate surface area is 167 Å². The molecule has 0 aliphatic carbocycles. The Bertz CT molecular complexity index is 959. The summed E-state index contributed by atoms with van der Waals surface area (Å²) in [4.78, 5) is 36.5. The Morgan fingerprint density at radius 1 is 1.31 bits per heavy atom. The molecule has 9 heteroatoms. The molecule has 0 fully saturated rings. The molecular formula is C20H21N3O6. The molecule has 0 spiro atoms. The minimum atomic E-state index is -0.589. The number of nitro groups is 1. The number of carbonyl (C=O) groups is 2. The summed E-state index contributed by atoms with van der Waals surface area (Å²) in [7, 11) is 0. The number of amides is 1. The predicted octanol–water partition coefficient (Wildman–Crippen LogP) is 2.92. The van der Waals surface area contributed by atoms with Gasteiger partial charge in [-0.1, -0.05) is 6.07 Å². The molecule has 0 saturated heterocycles. The Morgan fingerprint density at radius 2 is 2.10 bits per heavy atom. The molecule has 0 aromatic heterocycles. The second-order valence-corrected chi connectivity index (χ2v) is 6.47. The molecule has 2 aromatic carbocycles. The Hall–Kier alpha value is -3.62. The third-order valence-corrected chi connectivity index (χ3v) is 4.58. The predicted molar refractivity (Wildman–Crippen MR) is 105 cm³/mol. The number of nitrogen functional groups attached to an aromatic ring is 1. The zero-order chi connectivity index (χ0) is 21.0. The van der Waals surface area contributed by atoms with E-state index in [2.05, 4.69) is 0 Å². The third kappa shape index (κ3) is 4.45. The summed E-state index contributed by atoms with van der Waals surface area (Å²) in [6, 6.07) is 9.38. The number of hydrogen-bond acceptors (Lipinski definition) is 7. The van der Waals surface area contributed by atoms with E-state index in [4.69, 9.17) is 15.2 Å². The molecule has 2 N–H and O–H groups in total. The van der Waals surface area contributed by atoms with Gasteiger partial charge in [-0.15, -0.1) is 0 Å². The summed E-state index contributed by atoms with van der Waals surface area (Å²) in [6.45, 7) is 2.81. The molecule has 0 unspecified atom stereocenters. The number of rotatable bonds is 7. The first-order valence-corrected chi connectivity index (χ1v) is 9.19. The molecule has 0 saturated carbocycles. The second-order valence-electron chi connectivity index (χ2n) is 6.47. The largest absolute Gasteiger partial charge is 0.466 e. The quantitative estimate of drug-likeness (QED) is 0.328. The van der Waals surface area contributed by atoms with E-state index in [1.807, 2.05) is 0 Å². The summed E-state index contributed by atoms with van der Waals surface area (Å²) >= 11 is 0. The molecule has 1 aliphatic heterocycles. The molecule has 1 aliphatic rings. The van der Waals surface area contributed by atoms with Crippen molar-refractivity contribution in [2.75, 3.05) is 25.4 Å². The monoisotopic (exact) mass is 399 g/mol. The van der Waals surface area contributed by atoms with Gasteiger partial charge < -0.3 is 20.1 Å². The number of esters is 1. The molecule has 29 heavy (non-hydrogen) atoms. The number of nitrogens with two attached hydrogens (primary N) is 1. The van der Waals surface area contributed by atoms with Crippen molar-refractivity contribution in [2.45, 2.75) is 19.8 Å². The van der Waals surface area contributed by atoms with Crippen molar-refractivity contribution in [2.24, 2.45) is 0 Å². The topological polar surface area (TPSA) is 125 Å². The van der Waals surface area contributed by atoms with Gasteiger partial charge in [-0.2, -0.15) is 0 Å². The zero-order valence-corrected chi connectivity index (χ0v) is 15.9. The molecule has 0 atom stereocenters. The van der Waals surface area contributed by atoms with Crippen molar-refractivity contribution in [3.63, 3.8) is 0 Å². The van der Waals surface area contributed by atoms with Crippen LogP contribution in [0.1, 0.15) is 29.3 Å². The van der Waals surface area contributed by atoms with Crippen LogP contribution in [0.4, 0.5) is 11.4 Å². The number of nitro benzene ring substituents is 1. The molecule has 3 rings (SSSR count). The highest BCUT2D eigenvalue weighted by Gasteiger charge is 2.26. The van der Waals surface area contributed by atoms with Crippen LogP contribution in [0.15, 0.2) is 36.4 Å². The lowest BCUT2D eigenvalue weighted by Crippen LogP contribution is -2.39. The van der Waals surface area contributed by atoms with Gasteiger partial charge >= 0.3 is 11.7 Å². The van der Waals surface area contributed by atoms with Gasteiger partial charge in [-0.05, 0) is 49.2 Å². The summed E-state index contributed by atoms with van der Waals surface area (Å²) in [5.74, 6) is -0.0889. The van der Waals surface area contributed by atoms with Crippen LogP contribution in [0.3, 0.4) is 0 Å². The highest BCUT2D eigenvalue weighted by Crippen LogP contribution is 2.36. The van der Waals surface area contributed by atoms with E-state index in [0.717, 1.165) is 5.56 Å². The SMILES string of the molecule is CCOC(=O)CCN1CCc2cc(Oc3cccc(N)c3[N+](=O)[O-])ccc2C1=O. The lowest BCUT2D eigenvalue weighted by atomic mass is 9.98. The molecule has 0 bridgehead atoms. The van der Waals surface area contributed by atoms with Gasteiger partial charge in [0.25, 0.3) is 5.91 Å². The first kappa shape index (κ1) is 20.1. The van der Waals surface area contributed by atoms with Gasteiger partial charge in [0.15, 0.2) is 0 Å². The number of carbonyl (C=O) groups excluding carboxylic acids is 2. The van der Waals surface area contributed by atoms with Gasteiger partial charge in [-0.3, -0.25) is 19.7 Å². The molecule has 1 heterocycles. The number of para-hydroxylation sites is 1. The first-order valence-electron chi connectivity index (χ1n) is 9.19. The van der Waals surface area contributed by atoms with E-state index in [9.17, 15) is 19.7 Å². The van der Waals surface area contributed by atoms with Crippen LogP contribution in [-0.4, -0.2) is 41.4 Å². The maximum atomic E-state index is 12.7. The van der Waals surface area contributed by atoms with Gasteiger partial charge in [0.05, 0.1) is 18.0 Å². The fraction of sp³-hybridized carbons (Fsp3) is 0.300. The average Bonchev–Trinajstić information content (AvgIpc) is 2.67. The van der Waals surface area contributed by atoms with E-state index in [1.54, 1.807) is 36.1 Å². The fourth-order valence-electron chi connectivity index (χ4n) is 3.19. The van der Waals surface area contributed by atoms with Crippen molar-refractivity contribution in [1.82, 2.24) is 4.90 Å².